The van der Waals surface area contributed by atoms with Gasteiger partial charge in [-0.05, 0) is 37.3 Å². The molecule has 1 N–H and O–H groups in total. The highest BCUT2D eigenvalue weighted by Crippen LogP contribution is 2.28. The van der Waals surface area contributed by atoms with Crippen LogP contribution in [0.1, 0.15) is 23.2 Å². The average molecular weight is 451 g/mol. The van der Waals surface area contributed by atoms with E-state index in [9.17, 15) is 4.79 Å². The summed E-state index contributed by atoms with van der Waals surface area (Å²) in [6, 6.07) is 4.77. The SMILES string of the molecule is CSc1nc(N2CCCC2)c2cnn(CCNC(=O)c3cc(Cl)cc(Cl)c3)c2n1. The van der Waals surface area contributed by atoms with Crippen molar-refractivity contribution in [2.45, 2.75) is 24.5 Å². The lowest BCUT2D eigenvalue weighted by Gasteiger charge is -2.17. The molecule has 0 bridgehead atoms. The first-order chi connectivity index (χ1) is 14.0. The van der Waals surface area contributed by atoms with Gasteiger partial charge in [-0.3, -0.25) is 4.79 Å². The number of rotatable bonds is 6. The fourth-order valence-electron chi connectivity index (χ4n) is 3.41. The number of carbonyl (C=O) groups excluding carboxylic acids is 1. The van der Waals surface area contributed by atoms with Crippen molar-refractivity contribution in [3.05, 3.63) is 40.0 Å². The smallest absolute Gasteiger partial charge is 0.251 e. The number of benzene rings is 1. The second-order valence-corrected chi connectivity index (χ2v) is 8.39. The Bertz CT molecular complexity index is 1030. The van der Waals surface area contributed by atoms with E-state index in [1.807, 2.05) is 17.1 Å². The lowest BCUT2D eigenvalue weighted by molar-refractivity contribution is 0.0952. The van der Waals surface area contributed by atoms with E-state index in [2.05, 4.69) is 20.3 Å². The quantitative estimate of drug-likeness (QED) is 0.453. The highest BCUT2D eigenvalue weighted by Gasteiger charge is 2.20. The van der Waals surface area contributed by atoms with Crippen LogP contribution in [-0.2, 0) is 6.54 Å². The second kappa shape index (κ2) is 8.77. The highest BCUT2D eigenvalue weighted by molar-refractivity contribution is 7.98. The number of amides is 1. The molecule has 0 spiro atoms. The molecule has 1 aromatic carbocycles. The largest absolute Gasteiger partial charge is 0.356 e. The Balaban J connectivity index is 1.51. The normalized spacial score (nSPS) is 14.0. The van der Waals surface area contributed by atoms with Crippen LogP contribution >= 0.6 is 35.0 Å². The van der Waals surface area contributed by atoms with Crippen LogP contribution in [0.4, 0.5) is 5.82 Å². The second-order valence-electron chi connectivity index (χ2n) is 6.75. The van der Waals surface area contributed by atoms with Crippen LogP contribution in [0.25, 0.3) is 11.0 Å². The van der Waals surface area contributed by atoms with Crippen molar-refractivity contribution < 1.29 is 4.79 Å². The van der Waals surface area contributed by atoms with Crippen molar-refractivity contribution in [2.75, 3.05) is 30.8 Å². The van der Waals surface area contributed by atoms with Crippen LogP contribution < -0.4 is 10.2 Å². The third-order valence-electron chi connectivity index (χ3n) is 4.78. The molecule has 10 heteroatoms. The summed E-state index contributed by atoms with van der Waals surface area (Å²) in [4.78, 5) is 24.0. The molecule has 4 rings (SSSR count). The lowest BCUT2D eigenvalue weighted by atomic mass is 10.2. The summed E-state index contributed by atoms with van der Waals surface area (Å²) in [5, 5.41) is 9.88. The highest BCUT2D eigenvalue weighted by atomic mass is 35.5. The van der Waals surface area contributed by atoms with Gasteiger partial charge in [0.25, 0.3) is 5.91 Å². The Morgan fingerprint density at radius 3 is 2.59 bits per heavy atom. The molecule has 0 radical (unpaired) electrons. The van der Waals surface area contributed by atoms with Gasteiger partial charge in [0, 0.05) is 35.2 Å². The maximum Gasteiger partial charge on any atom is 0.251 e. The van der Waals surface area contributed by atoms with E-state index in [0.717, 1.165) is 35.1 Å². The summed E-state index contributed by atoms with van der Waals surface area (Å²) in [7, 11) is 0. The zero-order chi connectivity index (χ0) is 20.4. The topological polar surface area (TPSA) is 75.9 Å². The van der Waals surface area contributed by atoms with Gasteiger partial charge in [-0.25, -0.2) is 14.6 Å². The molecule has 3 aromatic rings. The van der Waals surface area contributed by atoms with Crippen molar-refractivity contribution in [3.8, 4) is 0 Å². The number of thioether (sulfide) groups is 1. The van der Waals surface area contributed by atoms with E-state index in [-0.39, 0.29) is 5.91 Å². The Kier molecular flexibility index (Phi) is 6.12. The molecule has 1 aliphatic heterocycles. The van der Waals surface area contributed by atoms with Gasteiger partial charge in [0.15, 0.2) is 10.8 Å². The van der Waals surface area contributed by atoms with Crippen LogP contribution in [0, 0.1) is 0 Å². The molecule has 0 saturated carbocycles. The van der Waals surface area contributed by atoms with Crippen LogP contribution in [0.5, 0.6) is 0 Å². The lowest BCUT2D eigenvalue weighted by Crippen LogP contribution is -2.27. The molecule has 3 heterocycles. The molecule has 1 saturated heterocycles. The first-order valence-corrected chi connectivity index (χ1v) is 11.3. The molecule has 2 aromatic heterocycles. The van der Waals surface area contributed by atoms with Crippen molar-refractivity contribution in [2.24, 2.45) is 0 Å². The summed E-state index contributed by atoms with van der Waals surface area (Å²) >= 11 is 13.5. The molecule has 0 aliphatic carbocycles. The zero-order valence-corrected chi connectivity index (χ0v) is 18.2. The molecule has 7 nitrogen and oxygen atoms in total. The Labute approximate surface area is 182 Å². The van der Waals surface area contributed by atoms with Crippen molar-refractivity contribution in [3.63, 3.8) is 0 Å². The fraction of sp³-hybridized carbons (Fsp3) is 0.368. The van der Waals surface area contributed by atoms with Crippen LogP contribution in [0.2, 0.25) is 10.0 Å². The van der Waals surface area contributed by atoms with Crippen molar-refractivity contribution >= 4 is 57.7 Å². The summed E-state index contributed by atoms with van der Waals surface area (Å²) < 4.78 is 1.81. The zero-order valence-electron chi connectivity index (χ0n) is 15.9. The number of aromatic nitrogens is 4. The van der Waals surface area contributed by atoms with Crippen LogP contribution in [-0.4, -0.2) is 51.5 Å². The number of nitrogens with zero attached hydrogens (tertiary/aromatic N) is 5. The molecule has 29 heavy (non-hydrogen) atoms. The molecule has 0 atom stereocenters. The van der Waals surface area contributed by atoms with Crippen molar-refractivity contribution in [1.82, 2.24) is 25.1 Å². The van der Waals surface area contributed by atoms with E-state index in [4.69, 9.17) is 28.2 Å². The molecule has 0 unspecified atom stereocenters. The van der Waals surface area contributed by atoms with Gasteiger partial charge in [-0.15, -0.1) is 0 Å². The Morgan fingerprint density at radius 2 is 1.90 bits per heavy atom. The predicted molar refractivity (Wildman–Crippen MR) is 117 cm³/mol. The first kappa shape index (κ1) is 20.3. The summed E-state index contributed by atoms with van der Waals surface area (Å²) in [6.45, 7) is 2.90. The molecular formula is C19H20Cl2N6OS. The first-order valence-electron chi connectivity index (χ1n) is 9.32. The minimum atomic E-state index is -0.233. The number of nitrogens with one attached hydrogen (secondary N) is 1. The number of halogens is 2. The number of carbonyl (C=O) groups is 1. The van der Waals surface area contributed by atoms with Gasteiger partial charge < -0.3 is 10.2 Å². The molecule has 152 valence electrons. The van der Waals surface area contributed by atoms with Gasteiger partial charge in [0.05, 0.1) is 18.1 Å². The van der Waals surface area contributed by atoms with Gasteiger partial charge in [0.2, 0.25) is 0 Å². The third-order valence-corrected chi connectivity index (χ3v) is 5.76. The minimum absolute atomic E-state index is 0.233. The van der Waals surface area contributed by atoms with E-state index >= 15 is 0 Å². The van der Waals surface area contributed by atoms with Gasteiger partial charge in [-0.2, -0.15) is 5.10 Å². The number of fused-ring (bicyclic) bond motifs is 1. The number of hydrogen-bond acceptors (Lipinski definition) is 6. The van der Waals surface area contributed by atoms with Crippen LogP contribution in [0.3, 0.4) is 0 Å². The summed E-state index contributed by atoms with van der Waals surface area (Å²) in [5.41, 5.74) is 1.21. The standard InChI is InChI=1S/C19H20Cl2N6OS/c1-29-19-24-16(26-5-2-3-6-26)15-11-23-27(17(15)25-19)7-4-22-18(28)12-8-13(20)10-14(21)9-12/h8-11H,2-7H2,1H3,(H,22,28). The number of anilines is 1. The summed E-state index contributed by atoms with van der Waals surface area (Å²) in [6.07, 6.45) is 6.12. The third kappa shape index (κ3) is 4.44. The van der Waals surface area contributed by atoms with Crippen LogP contribution in [0.15, 0.2) is 29.6 Å². The fourth-order valence-corrected chi connectivity index (χ4v) is 4.29. The Hall–Kier alpha value is -2.03. The average Bonchev–Trinajstić information content (AvgIpc) is 3.36. The molecule has 1 fully saturated rings. The van der Waals surface area contributed by atoms with Gasteiger partial charge >= 0.3 is 0 Å². The van der Waals surface area contributed by atoms with E-state index in [0.29, 0.717) is 28.7 Å². The maximum atomic E-state index is 12.4. The molecule has 1 amide bonds. The van der Waals surface area contributed by atoms with Crippen molar-refractivity contribution in [1.29, 1.82) is 0 Å². The predicted octanol–water partition coefficient (Wildman–Crippen LogP) is 3.89. The monoisotopic (exact) mass is 450 g/mol. The molecular weight excluding hydrogens is 431 g/mol. The van der Waals surface area contributed by atoms with E-state index in [1.165, 1.54) is 24.6 Å². The van der Waals surface area contributed by atoms with Gasteiger partial charge in [0.1, 0.15) is 5.82 Å². The minimum Gasteiger partial charge on any atom is -0.356 e. The molecule has 1 aliphatic rings. The van der Waals surface area contributed by atoms with E-state index < -0.39 is 0 Å². The summed E-state index contributed by atoms with van der Waals surface area (Å²) in [5.74, 6) is 0.712. The van der Waals surface area contributed by atoms with E-state index in [1.54, 1.807) is 18.2 Å². The number of hydrogen-bond donors (Lipinski definition) is 1. The maximum absolute atomic E-state index is 12.4. The Morgan fingerprint density at radius 1 is 1.17 bits per heavy atom. The van der Waals surface area contributed by atoms with Gasteiger partial charge in [-0.1, -0.05) is 35.0 Å².